The van der Waals surface area contributed by atoms with Gasteiger partial charge < -0.3 is 48.5 Å². The van der Waals surface area contributed by atoms with Crippen molar-refractivity contribution in [2.45, 2.75) is 62.9 Å². The molecule has 0 aromatic carbocycles. The molecule has 0 aliphatic rings. The Hall–Kier alpha value is -3.11. The van der Waals surface area contributed by atoms with Crippen molar-refractivity contribution in [2.75, 3.05) is 18.6 Å². The SMILES string of the molecule is CSCCC(N)C(=O)NC(CCCN=C(N)N)C(=O)NC(CC(=O)O)C(=O)NC(C(=O)O)C(C)O. The number of nitrogens with two attached hydrogens (primary N) is 3. The summed E-state index contributed by atoms with van der Waals surface area (Å²) in [5.74, 6) is -5.25. The molecule has 0 saturated carbocycles. The number of nitrogens with zero attached hydrogens (tertiary/aromatic N) is 1. The van der Waals surface area contributed by atoms with Gasteiger partial charge in [-0.2, -0.15) is 11.8 Å². The number of amides is 3. The summed E-state index contributed by atoms with van der Waals surface area (Å²) in [6.07, 6.45) is 0.0694. The van der Waals surface area contributed by atoms with E-state index in [0.717, 1.165) is 6.92 Å². The number of nitrogens with one attached hydrogen (secondary N) is 3. The second-order valence-electron chi connectivity index (χ2n) is 7.62. The van der Waals surface area contributed by atoms with Crippen LogP contribution in [0.4, 0.5) is 0 Å². The number of aliphatic imine (C=N–C) groups is 1. The van der Waals surface area contributed by atoms with Crippen LogP contribution in [0.3, 0.4) is 0 Å². The molecule has 0 spiro atoms. The van der Waals surface area contributed by atoms with Crippen molar-refractivity contribution in [2.24, 2.45) is 22.2 Å². The summed E-state index contributed by atoms with van der Waals surface area (Å²) in [5, 5.41) is 34.5. The largest absolute Gasteiger partial charge is 0.481 e. The highest BCUT2D eigenvalue weighted by Gasteiger charge is 2.32. The number of rotatable bonds is 17. The van der Waals surface area contributed by atoms with Gasteiger partial charge in [-0.3, -0.25) is 24.2 Å². The number of hydrogen-bond donors (Lipinski definition) is 9. The lowest BCUT2D eigenvalue weighted by Crippen LogP contribution is -2.58. The van der Waals surface area contributed by atoms with E-state index >= 15 is 0 Å². The van der Waals surface area contributed by atoms with Crippen molar-refractivity contribution in [1.29, 1.82) is 0 Å². The summed E-state index contributed by atoms with van der Waals surface area (Å²) in [4.78, 5) is 64.1. The Bertz CT molecular complexity index is 776. The molecule has 5 unspecified atom stereocenters. The molecule has 35 heavy (non-hydrogen) atoms. The molecule has 5 atom stereocenters. The van der Waals surface area contributed by atoms with Crippen LogP contribution in [0.25, 0.3) is 0 Å². The molecule has 0 bridgehead atoms. The number of aliphatic hydroxyl groups excluding tert-OH is 1. The number of aliphatic hydroxyl groups is 1. The number of carbonyl (C=O) groups excluding carboxylic acids is 3. The fraction of sp³-hybridized carbons (Fsp3) is 0.684. The molecule has 0 aliphatic carbocycles. The fourth-order valence-electron chi connectivity index (χ4n) is 2.73. The van der Waals surface area contributed by atoms with E-state index in [4.69, 9.17) is 27.4 Å². The fourth-order valence-corrected chi connectivity index (χ4v) is 3.22. The summed E-state index contributed by atoms with van der Waals surface area (Å²) in [6, 6.07) is -5.55. The van der Waals surface area contributed by atoms with Gasteiger partial charge in [-0.1, -0.05) is 0 Å². The molecular weight excluding hydrogens is 486 g/mol. The maximum absolute atomic E-state index is 12.9. The Kier molecular flexibility index (Phi) is 15.0. The van der Waals surface area contributed by atoms with Crippen LogP contribution in [0.15, 0.2) is 4.99 Å². The van der Waals surface area contributed by atoms with E-state index in [2.05, 4.69) is 15.6 Å². The number of carboxylic acids is 2. The zero-order valence-electron chi connectivity index (χ0n) is 19.6. The zero-order chi connectivity index (χ0) is 27.1. The van der Waals surface area contributed by atoms with Gasteiger partial charge in [0.25, 0.3) is 0 Å². The summed E-state index contributed by atoms with van der Waals surface area (Å²) in [5.41, 5.74) is 16.4. The van der Waals surface area contributed by atoms with Crippen molar-refractivity contribution in [3.05, 3.63) is 0 Å². The van der Waals surface area contributed by atoms with E-state index in [1.54, 1.807) is 0 Å². The first-order valence-electron chi connectivity index (χ1n) is 10.6. The third kappa shape index (κ3) is 13.4. The Morgan fingerprint density at radius 2 is 1.51 bits per heavy atom. The molecule has 0 aliphatic heterocycles. The highest BCUT2D eigenvalue weighted by Crippen LogP contribution is 2.05. The van der Waals surface area contributed by atoms with Gasteiger partial charge in [0, 0.05) is 6.54 Å². The molecular formula is C19H35N7O8S. The monoisotopic (exact) mass is 521 g/mol. The summed E-state index contributed by atoms with van der Waals surface area (Å²) in [7, 11) is 0. The first-order valence-corrected chi connectivity index (χ1v) is 12.0. The molecule has 16 heteroatoms. The predicted octanol–water partition coefficient (Wildman–Crippen LogP) is -3.49. The number of carboxylic acid groups (broad SMARTS) is 2. The zero-order valence-corrected chi connectivity index (χ0v) is 20.4. The van der Waals surface area contributed by atoms with Gasteiger partial charge in [-0.05, 0) is 38.2 Å². The number of aliphatic carboxylic acids is 2. The van der Waals surface area contributed by atoms with Crippen LogP contribution < -0.4 is 33.2 Å². The smallest absolute Gasteiger partial charge is 0.328 e. The molecule has 200 valence electrons. The lowest BCUT2D eigenvalue weighted by atomic mass is 10.1. The van der Waals surface area contributed by atoms with Crippen LogP contribution >= 0.6 is 11.8 Å². The molecule has 15 nitrogen and oxygen atoms in total. The van der Waals surface area contributed by atoms with Crippen LogP contribution in [0.2, 0.25) is 0 Å². The highest BCUT2D eigenvalue weighted by atomic mass is 32.2. The average molecular weight is 522 g/mol. The van der Waals surface area contributed by atoms with Crippen LogP contribution in [-0.2, 0) is 24.0 Å². The van der Waals surface area contributed by atoms with Gasteiger partial charge in [0.05, 0.1) is 18.6 Å². The van der Waals surface area contributed by atoms with Crippen LogP contribution in [0.5, 0.6) is 0 Å². The molecule has 0 saturated heterocycles. The Morgan fingerprint density at radius 3 is 2.00 bits per heavy atom. The lowest BCUT2D eigenvalue weighted by molar-refractivity contribution is -0.146. The first kappa shape index (κ1) is 31.9. The molecule has 12 N–H and O–H groups in total. The molecule has 0 fully saturated rings. The Morgan fingerprint density at radius 1 is 0.943 bits per heavy atom. The number of hydrogen-bond acceptors (Lipinski definition) is 9. The second kappa shape index (κ2) is 16.5. The highest BCUT2D eigenvalue weighted by molar-refractivity contribution is 7.98. The van der Waals surface area contributed by atoms with Crippen LogP contribution in [0.1, 0.15) is 32.6 Å². The summed E-state index contributed by atoms with van der Waals surface area (Å²) in [6.45, 7) is 1.25. The van der Waals surface area contributed by atoms with E-state index in [1.807, 2.05) is 11.6 Å². The van der Waals surface area contributed by atoms with Crippen LogP contribution in [0, 0.1) is 0 Å². The molecule has 3 amide bonds. The quantitative estimate of drug-likeness (QED) is 0.0512. The second-order valence-corrected chi connectivity index (χ2v) is 8.61. The standard InChI is InChI=1S/C19H35N7O8S/c1-9(27)14(18(33)34)26-17(32)12(8-13(28)29)25-16(31)11(4-3-6-23-19(21)22)24-15(30)10(20)5-7-35-2/h9-12,14,27H,3-8,20H2,1-2H3,(H,24,30)(H,25,31)(H,26,32)(H,28,29)(H,33,34)(H4,21,22,23). The molecule has 0 radical (unpaired) electrons. The minimum Gasteiger partial charge on any atom is -0.481 e. The van der Waals surface area contributed by atoms with Gasteiger partial charge in [0.1, 0.15) is 12.1 Å². The van der Waals surface area contributed by atoms with Gasteiger partial charge in [-0.25, -0.2) is 4.79 Å². The summed E-state index contributed by atoms with van der Waals surface area (Å²) >= 11 is 1.48. The van der Waals surface area contributed by atoms with E-state index in [1.165, 1.54) is 11.8 Å². The van der Waals surface area contributed by atoms with E-state index in [-0.39, 0.29) is 25.3 Å². The third-order valence-electron chi connectivity index (χ3n) is 4.61. The van der Waals surface area contributed by atoms with Crippen molar-refractivity contribution in [3.8, 4) is 0 Å². The predicted molar refractivity (Wildman–Crippen MR) is 128 cm³/mol. The first-order chi connectivity index (χ1) is 16.3. The van der Waals surface area contributed by atoms with Crippen molar-refractivity contribution in [3.63, 3.8) is 0 Å². The topological polar surface area (TPSA) is 273 Å². The van der Waals surface area contributed by atoms with Gasteiger partial charge in [0.15, 0.2) is 12.0 Å². The number of carbonyl (C=O) groups is 5. The van der Waals surface area contributed by atoms with Gasteiger partial charge >= 0.3 is 11.9 Å². The maximum atomic E-state index is 12.9. The lowest BCUT2D eigenvalue weighted by Gasteiger charge is -2.25. The molecule has 0 rings (SSSR count). The normalized spacial score (nSPS) is 15.0. The average Bonchev–Trinajstić information content (AvgIpc) is 2.75. The van der Waals surface area contributed by atoms with Gasteiger partial charge in [-0.15, -0.1) is 0 Å². The maximum Gasteiger partial charge on any atom is 0.328 e. The Labute approximate surface area is 206 Å². The van der Waals surface area contributed by atoms with Crippen molar-refractivity contribution in [1.82, 2.24) is 16.0 Å². The Balaban J connectivity index is 5.58. The molecule has 0 aromatic heterocycles. The molecule has 0 aromatic rings. The number of guanidine groups is 1. The van der Waals surface area contributed by atoms with E-state index in [9.17, 15) is 29.1 Å². The summed E-state index contributed by atoms with van der Waals surface area (Å²) < 4.78 is 0. The van der Waals surface area contributed by atoms with E-state index in [0.29, 0.717) is 12.2 Å². The molecule has 0 heterocycles. The van der Waals surface area contributed by atoms with E-state index < -0.39 is 66.4 Å². The van der Waals surface area contributed by atoms with Crippen molar-refractivity contribution < 1.29 is 39.3 Å². The van der Waals surface area contributed by atoms with Crippen LogP contribution in [-0.4, -0.2) is 99.8 Å². The number of thioether (sulfide) groups is 1. The van der Waals surface area contributed by atoms with Gasteiger partial charge in [0.2, 0.25) is 17.7 Å². The minimum absolute atomic E-state index is 0.0242. The minimum atomic E-state index is -1.74. The van der Waals surface area contributed by atoms with Crippen molar-refractivity contribution >= 4 is 47.4 Å². The third-order valence-corrected chi connectivity index (χ3v) is 5.25.